The molecule has 0 aliphatic carbocycles. The van der Waals surface area contributed by atoms with E-state index in [-0.39, 0.29) is 11.5 Å². The number of benzene rings is 2. The van der Waals surface area contributed by atoms with E-state index in [1.807, 2.05) is 0 Å². The number of halogens is 4. The fraction of sp³-hybridized carbons (Fsp3) is 0. The molecule has 0 fully saturated rings. The summed E-state index contributed by atoms with van der Waals surface area (Å²) in [5.41, 5.74) is 1.78. The summed E-state index contributed by atoms with van der Waals surface area (Å²) in [5, 5.41) is 2.72. The molecule has 0 spiro atoms. The van der Waals surface area contributed by atoms with E-state index in [1.54, 1.807) is 12.1 Å². The van der Waals surface area contributed by atoms with Gasteiger partial charge < -0.3 is 5.32 Å². The zero-order chi connectivity index (χ0) is 15.1. The minimum absolute atomic E-state index is 0.158. The minimum Gasteiger partial charge on any atom is -0.320 e. The predicted octanol–water partition coefficient (Wildman–Crippen LogP) is 4.98. The lowest BCUT2D eigenvalue weighted by molar-refractivity contribution is -0.110. The van der Waals surface area contributed by atoms with Crippen LogP contribution >= 0.6 is 31.9 Å². The van der Waals surface area contributed by atoms with E-state index in [9.17, 15) is 13.6 Å². The second-order valence-corrected chi connectivity index (χ2v) is 6.26. The van der Waals surface area contributed by atoms with E-state index in [0.717, 1.165) is 21.1 Å². The van der Waals surface area contributed by atoms with Crippen molar-refractivity contribution in [3.63, 3.8) is 0 Å². The van der Waals surface area contributed by atoms with Gasteiger partial charge in [0.15, 0.2) is 0 Å². The van der Waals surface area contributed by atoms with Gasteiger partial charge in [0.05, 0.1) is 5.69 Å². The van der Waals surface area contributed by atoms with Gasteiger partial charge in [-0.1, -0.05) is 15.9 Å². The van der Waals surface area contributed by atoms with Gasteiger partial charge in [-0.3, -0.25) is 4.79 Å². The molecule has 1 amide bonds. The molecule has 0 bridgehead atoms. The minimum atomic E-state index is -0.710. The van der Waals surface area contributed by atoms with Crippen LogP contribution in [0, 0.1) is 11.6 Å². The molecule has 21 heavy (non-hydrogen) atoms. The molecule has 0 atom stereocenters. The van der Waals surface area contributed by atoms with Crippen LogP contribution in [0.1, 0.15) is 11.1 Å². The molecule has 6 heteroatoms. The Morgan fingerprint density at radius 3 is 2.57 bits per heavy atom. The Kier molecular flexibility index (Phi) is 3.67. The van der Waals surface area contributed by atoms with Crippen molar-refractivity contribution in [2.45, 2.75) is 0 Å². The third-order valence-corrected chi connectivity index (χ3v) is 4.17. The molecule has 1 aliphatic rings. The van der Waals surface area contributed by atoms with Crippen LogP contribution in [0.25, 0.3) is 11.6 Å². The fourth-order valence-corrected chi connectivity index (χ4v) is 3.46. The van der Waals surface area contributed by atoms with Crippen LogP contribution < -0.4 is 5.32 Å². The van der Waals surface area contributed by atoms with Gasteiger partial charge in [-0.25, -0.2) is 8.78 Å². The van der Waals surface area contributed by atoms with Crippen molar-refractivity contribution in [1.82, 2.24) is 0 Å². The summed E-state index contributed by atoms with van der Waals surface area (Å²) in [6.07, 6.45) is 1.41. The smallest absolute Gasteiger partial charge is 0.256 e. The molecule has 1 N–H and O–H groups in total. The van der Waals surface area contributed by atoms with Crippen LogP contribution in [0.4, 0.5) is 14.5 Å². The molecule has 2 aromatic carbocycles. The highest BCUT2D eigenvalue weighted by atomic mass is 79.9. The number of rotatable bonds is 1. The summed E-state index contributed by atoms with van der Waals surface area (Å²) in [6, 6.07) is 6.82. The van der Waals surface area contributed by atoms with E-state index >= 15 is 0 Å². The largest absolute Gasteiger partial charge is 0.320 e. The molecule has 0 radical (unpaired) electrons. The fourth-order valence-electron chi connectivity index (χ4n) is 2.13. The number of amides is 1. The Labute approximate surface area is 136 Å². The van der Waals surface area contributed by atoms with Crippen LogP contribution in [-0.4, -0.2) is 5.91 Å². The first kappa shape index (κ1) is 14.4. The molecular formula is C15H7Br2F2NO. The third-order valence-electron chi connectivity index (χ3n) is 3.09. The van der Waals surface area contributed by atoms with Crippen molar-refractivity contribution in [3.05, 3.63) is 62.0 Å². The number of hydrogen-bond donors (Lipinski definition) is 1. The molecule has 2 nitrogen and oxygen atoms in total. The second-order valence-electron chi connectivity index (χ2n) is 4.49. The normalized spacial score (nSPS) is 15.2. The molecule has 0 unspecified atom stereocenters. The molecule has 106 valence electrons. The van der Waals surface area contributed by atoms with Crippen molar-refractivity contribution in [3.8, 4) is 0 Å². The number of hydrogen-bond acceptors (Lipinski definition) is 1. The van der Waals surface area contributed by atoms with Gasteiger partial charge in [0, 0.05) is 31.7 Å². The summed E-state index contributed by atoms with van der Waals surface area (Å²) in [4.78, 5) is 12.1. The van der Waals surface area contributed by atoms with E-state index < -0.39 is 11.6 Å². The predicted molar refractivity (Wildman–Crippen MR) is 84.7 cm³/mol. The highest BCUT2D eigenvalue weighted by Crippen LogP contribution is 2.40. The van der Waals surface area contributed by atoms with Crippen molar-refractivity contribution < 1.29 is 13.6 Å². The summed E-state index contributed by atoms with van der Waals surface area (Å²) in [7, 11) is 0. The zero-order valence-electron chi connectivity index (χ0n) is 10.4. The first-order valence-corrected chi connectivity index (χ1v) is 7.52. The summed E-state index contributed by atoms with van der Waals surface area (Å²) in [6.45, 7) is 0. The van der Waals surface area contributed by atoms with Gasteiger partial charge in [-0.15, -0.1) is 0 Å². The van der Waals surface area contributed by atoms with E-state index in [0.29, 0.717) is 16.8 Å². The summed E-state index contributed by atoms with van der Waals surface area (Å²) < 4.78 is 28.2. The maximum Gasteiger partial charge on any atom is 0.256 e. The van der Waals surface area contributed by atoms with Crippen LogP contribution in [0.5, 0.6) is 0 Å². The maximum atomic E-state index is 13.7. The lowest BCUT2D eigenvalue weighted by Gasteiger charge is -2.03. The van der Waals surface area contributed by atoms with Crippen molar-refractivity contribution >= 4 is 55.1 Å². The second kappa shape index (κ2) is 5.35. The molecule has 0 saturated heterocycles. The van der Waals surface area contributed by atoms with Crippen LogP contribution in [0.3, 0.4) is 0 Å². The molecular weight excluding hydrogens is 408 g/mol. The molecule has 0 aromatic heterocycles. The van der Waals surface area contributed by atoms with Crippen molar-refractivity contribution in [1.29, 1.82) is 0 Å². The van der Waals surface area contributed by atoms with Crippen molar-refractivity contribution in [2.24, 2.45) is 0 Å². The monoisotopic (exact) mass is 413 g/mol. The number of carbonyl (C=O) groups is 1. The first-order valence-electron chi connectivity index (χ1n) is 5.93. The number of anilines is 1. The standard InChI is InChI=1S/C15H7Br2F2NO/c16-8-4-10-11(15(21)20-14(10)12(17)5-8)3-7-1-2-9(18)6-13(7)19/h1-6H,(H,20,21). The Bertz CT molecular complexity index is 803. The molecule has 3 rings (SSSR count). The molecule has 1 aliphatic heterocycles. The molecule has 0 saturated carbocycles. The Morgan fingerprint density at radius 1 is 1.10 bits per heavy atom. The van der Waals surface area contributed by atoms with Crippen LogP contribution in [-0.2, 0) is 4.79 Å². The molecule has 2 aromatic rings. The Morgan fingerprint density at radius 2 is 1.86 bits per heavy atom. The summed E-state index contributed by atoms with van der Waals surface area (Å²) >= 11 is 6.72. The quantitative estimate of drug-likeness (QED) is 0.655. The lowest BCUT2D eigenvalue weighted by atomic mass is 10.0. The highest BCUT2D eigenvalue weighted by molar-refractivity contribution is 9.11. The first-order chi connectivity index (χ1) is 9.95. The third kappa shape index (κ3) is 2.65. The van der Waals surface area contributed by atoms with Crippen LogP contribution in [0.2, 0.25) is 0 Å². The van der Waals surface area contributed by atoms with Gasteiger partial charge >= 0.3 is 0 Å². The van der Waals surface area contributed by atoms with Gasteiger partial charge in [0.25, 0.3) is 5.91 Å². The highest BCUT2D eigenvalue weighted by Gasteiger charge is 2.26. The SMILES string of the molecule is O=C1Nc2c(Br)cc(Br)cc2C1=Cc1ccc(F)cc1F. The van der Waals surface area contributed by atoms with Gasteiger partial charge in [-0.05, 0) is 46.3 Å². The van der Waals surface area contributed by atoms with Gasteiger partial charge in [0.2, 0.25) is 0 Å². The van der Waals surface area contributed by atoms with E-state index in [2.05, 4.69) is 37.2 Å². The lowest BCUT2D eigenvalue weighted by Crippen LogP contribution is -2.04. The molecule has 1 heterocycles. The number of fused-ring (bicyclic) bond motifs is 1. The average Bonchev–Trinajstić information content (AvgIpc) is 2.70. The zero-order valence-corrected chi connectivity index (χ0v) is 13.6. The number of nitrogens with one attached hydrogen (secondary N) is 1. The Balaban J connectivity index is 2.16. The van der Waals surface area contributed by atoms with E-state index in [4.69, 9.17) is 0 Å². The van der Waals surface area contributed by atoms with Gasteiger partial charge in [0.1, 0.15) is 11.6 Å². The average molecular weight is 415 g/mol. The van der Waals surface area contributed by atoms with Crippen molar-refractivity contribution in [2.75, 3.05) is 5.32 Å². The van der Waals surface area contributed by atoms with Gasteiger partial charge in [-0.2, -0.15) is 0 Å². The number of carbonyl (C=O) groups excluding carboxylic acids is 1. The Hall–Kier alpha value is -1.53. The topological polar surface area (TPSA) is 29.1 Å². The van der Waals surface area contributed by atoms with Crippen LogP contribution in [0.15, 0.2) is 39.3 Å². The summed E-state index contributed by atoms with van der Waals surface area (Å²) in [5.74, 6) is -1.69. The maximum absolute atomic E-state index is 13.7. The van der Waals surface area contributed by atoms with E-state index in [1.165, 1.54) is 12.1 Å².